The molecule has 1 aliphatic rings. The maximum Gasteiger partial charge on any atom is 0.224 e. The lowest BCUT2D eigenvalue weighted by molar-refractivity contribution is -0.115. The number of pyridine rings is 3. The molecule has 5 aromatic heterocycles. The number of nitrogens with zero attached hydrogens (tertiary/aromatic N) is 6. The molecule has 0 spiro atoms. The van der Waals surface area contributed by atoms with Gasteiger partial charge in [-0.2, -0.15) is 5.10 Å². The summed E-state index contributed by atoms with van der Waals surface area (Å²) in [7, 11) is 0. The summed E-state index contributed by atoms with van der Waals surface area (Å²) in [5.41, 5.74) is 4.21. The largest absolute Gasteiger partial charge is 0.370 e. The summed E-state index contributed by atoms with van der Waals surface area (Å²) in [6.45, 7) is 3.70. The monoisotopic (exact) mass is 485 g/mol. The van der Waals surface area contributed by atoms with Gasteiger partial charge in [-0.05, 0) is 31.4 Å². The van der Waals surface area contributed by atoms with Crippen LogP contribution >= 0.6 is 0 Å². The quantitative estimate of drug-likeness (QED) is 0.336. The lowest BCUT2D eigenvalue weighted by Crippen LogP contribution is -2.29. The molecule has 5 aromatic rings. The van der Waals surface area contributed by atoms with Gasteiger partial charge in [0, 0.05) is 49.2 Å². The second-order valence-corrected chi connectivity index (χ2v) is 8.81. The maximum atomic E-state index is 15.9. The maximum absolute atomic E-state index is 15.9. The van der Waals surface area contributed by atoms with Gasteiger partial charge in [0.1, 0.15) is 17.0 Å². The fraction of sp³-hybridized carbons (Fsp3) is 0.280. The molecule has 3 N–H and O–H groups in total. The highest BCUT2D eigenvalue weighted by atomic mass is 19.1. The van der Waals surface area contributed by atoms with Crippen molar-refractivity contribution >= 4 is 39.5 Å². The van der Waals surface area contributed by atoms with E-state index in [1.165, 1.54) is 25.0 Å². The van der Waals surface area contributed by atoms with E-state index in [-0.39, 0.29) is 16.9 Å². The minimum atomic E-state index is -0.505. The number of aromatic amines is 2. The molecule has 0 bridgehead atoms. The number of piperidine rings is 1. The van der Waals surface area contributed by atoms with Gasteiger partial charge < -0.3 is 15.2 Å². The van der Waals surface area contributed by atoms with E-state index in [0.717, 1.165) is 37.1 Å². The number of halogens is 1. The van der Waals surface area contributed by atoms with Gasteiger partial charge >= 0.3 is 0 Å². The number of carbonyl (C=O) groups excluding carboxylic acids is 1. The summed E-state index contributed by atoms with van der Waals surface area (Å²) < 4.78 is 15.9. The zero-order chi connectivity index (χ0) is 24.6. The molecule has 1 amide bonds. The van der Waals surface area contributed by atoms with Crippen LogP contribution in [0.4, 0.5) is 15.8 Å². The molecule has 182 valence electrons. The summed E-state index contributed by atoms with van der Waals surface area (Å²) in [5.74, 6) is -0.245. The highest BCUT2D eigenvalue weighted by molar-refractivity contribution is 5.96. The predicted octanol–water partition coefficient (Wildman–Crippen LogP) is 4.44. The first-order valence-electron chi connectivity index (χ1n) is 12.0. The number of amides is 1. The van der Waals surface area contributed by atoms with Crippen LogP contribution in [0.5, 0.6) is 0 Å². The van der Waals surface area contributed by atoms with Crippen LogP contribution in [0.3, 0.4) is 0 Å². The molecule has 0 radical (unpaired) electrons. The first kappa shape index (κ1) is 22.1. The number of imidazole rings is 1. The third kappa shape index (κ3) is 3.82. The second-order valence-electron chi connectivity index (χ2n) is 8.81. The number of hydrogen-bond donors (Lipinski definition) is 3. The summed E-state index contributed by atoms with van der Waals surface area (Å²) in [5, 5.41) is 10.1. The third-order valence-corrected chi connectivity index (χ3v) is 6.46. The Hall–Kier alpha value is -4.41. The fourth-order valence-electron chi connectivity index (χ4n) is 4.63. The molecule has 0 aliphatic carbocycles. The van der Waals surface area contributed by atoms with Gasteiger partial charge in [0.25, 0.3) is 0 Å². The number of H-pyrrole nitrogens is 2. The third-order valence-electron chi connectivity index (χ3n) is 6.46. The molecular weight excluding hydrogens is 461 g/mol. The van der Waals surface area contributed by atoms with Gasteiger partial charge in [-0.3, -0.25) is 14.9 Å². The molecule has 0 unspecified atom stereocenters. The Balaban J connectivity index is 1.43. The van der Waals surface area contributed by atoms with E-state index in [1.807, 2.05) is 6.07 Å². The SMILES string of the molecule is CCC(=O)Nc1cncc(-c2cnc3[nH]nc(-c4nc5c(N6CCCCC6)ccnc5[nH]4)c3c2F)c1. The Morgan fingerprint density at radius 1 is 1.14 bits per heavy atom. The average molecular weight is 486 g/mol. The minimum absolute atomic E-state index is 0.150. The van der Waals surface area contributed by atoms with E-state index < -0.39 is 5.82 Å². The minimum Gasteiger partial charge on any atom is -0.370 e. The number of aromatic nitrogens is 7. The summed E-state index contributed by atoms with van der Waals surface area (Å²) in [6, 6.07) is 3.64. The number of rotatable bonds is 5. The summed E-state index contributed by atoms with van der Waals surface area (Å²) in [4.78, 5) is 35.1. The van der Waals surface area contributed by atoms with E-state index in [4.69, 9.17) is 4.98 Å². The molecule has 36 heavy (non-hydrogen) atoms. The van der Waals surface area contributed by atoms with E-state index in [2.05, 4.69) is 40.3 Å². The van der Waals surface area contributed by atoms with Crippen LogP contribution in [0.15, 0.2) is 36.9 Å². The Labute approximate surface area is 205 Å². The standard InChI is InChI=1S/C25H24FN9O/c1-2-18(36)30-15-10-14(11-27-12-15)16-13-29-23-19(20(16)26)22(33-34-23)25-31-21-17(6-7-28-24(21)32-25)35-8-4-3-5-9-35/h6-7,10-13H,2-5,8-9H2,1H3,(H,30,36)(H,28,31,32)(H,29,33,34). The molecule has 6 heterocycles. The van der Waals surface area contributed by atoms with E-state index in [0.29, 0.717) is 40.5 Å². The van der Waals surface area contributed by atoms with Gasteiger partial charge in [-0.25, -0.2) is 19.3 Å². The molecule has 0 atom stereocenters. The van der Waals surface area contributed by atoms with Crippen molar-refractivity contribution < 1.29 is 9.18 Å². The predicted molar refractivity (Wildman–Crippen MR) is 135 cm³/mol. The smallest absolute Gasteiger partial charge is 0.224 e. The number of nitrogens with one attached hydrogen (secondary N) is 3. The van der Waals surface area contributed by atoms with E-state index >= 15 is 4.39 Å². The normalized spacial score (nSPS) is 14.0. The van der Waals surface area contributed by atoms with Crippen molar-refractivity contribution in [2.75, 3.05) is 23.3 Å². The molecule has 0 aromatic carbocycles. The molecule has 11 heteroatoms. The van der Waals surface area contributed by atoms with Crippen LogP contribution in [0.2, 0.25) is 0 Å². The van der Waals surface area contributed by atoms with Gasteiger partial charge in [-0.15, -0.1) is 0 Å². The van der Waals surface area contributed by atoms with Gasteiger partial charge in [-0.1, -0.05) is 6.92 Å². The zero-order valence-electron chi connectivity index (χ0n) is 19.7. The highest BCUT2D eigenvalue weighted by Crippen LogP contribution is 2.34. The fourth-order valence-corrected chi connectivity index (χ4v) is 4.63. The van der Waals surface area contributed by atoms with Crippen molar-refractivity contribution in [3.05, 3.63) is 42.7 Å². The molecule has 1 fully saturated rings. The summed E-state index contributed by atoms with van der Waals surface area (Å²) >= 11 is 0. The lowest BCUT2D eigenvalue weighted by atomic mass is 10.1. The Morgan fingerprint density at radius 3 is 2.83 bits per heavy atom. The van der Waals surface area contributed by atoms with Gasteiger partial charge in [0.15, 0.2) is 17.1 Å². The van der Waals surface area contributed by atoms with Crippen molar-refractivity contribution in [2.45, 2.75) is 32.6 Å². The first-order valence-corrected chi connectivity index (χ1v) is 12.0. The van der Waals surface area contributed by atoms with Crippen LogP contribution in [0.1, 0.15) is 32.6 Å². The van der Waals surface area contributed by atoms with E-state index in [9.17, 15) is 4.79 Å². The number of anilines is 2. The molecule has 0 saturated carbocycles. The van der Waals surface area contributed by atoms with Crippen molar-refractivity contribution in [1.82, 2.24) is 35.1 Å². The van der Waals surface area contributed by atoms with Gasteiger partial charge in [0.05, 0.1) is 23.0 Å². The van der Waals surface area contributed by atoms with Crippen molar-refractivity contribution in [1.29, 1.82) is 0 Å². The molecule has 1 saturated heterocycles. The molecule has 1 aliphatic heterocycles. The Kier molecular flexibility index (Phi) is 5.51. The highest BCUT2D eigenvalue weighted by Gasteiger charge is 2.23. The zero-order valence-corrected chi connectivity index (χ0v) is 19.7. The van der Waals surface area contributed by atoms with Crippen LogP contribution in [-0.2, 0) is 4.79 Å². The lowest BCUT2D eigenvalue weighted by Gasteiger charge is -2.28. The second kappa shape index (κ2) is 8.99. The number of hydrogen-bond acceptors (Lipinski definition) is 7. The van der Waals surface area contributed by atoms with Gasteiger partial charge in [0.2, 0.25) is 5.91 Å². The first-order chi connectivity index (χ1) is 17.6. The van der Waals surface area contributed by atoms with Crippen LogP contribution < -0.4 is 10.2 Å². The topological polar surface area (TPSA) is 128 Å². The van der Waals surface area contributed by atoms with Crippen LogP contribution in [0, 0.1) is 5.82 Å². The van der Waals surface area contributed by atoms with E-state index in [1.54, 1.807) is 19.2 Å². The van der Waals surface area contributed by atoms with Crippen molar-refractivity contribution in [3.63, 3.8) is 0 Å². The molecular formula is C25H24FN9O. The number of fused-ring (bicyclic) bond motifs is 2. The Bertz CT molecular complexity index is 1590. The van der Waals surface area contributed by atoms with Crippen LogP contribution in [-0.4, -0.2) is 54.1 Å². The molecule has 6 rings (SSSR count). The number of carbonyl (C=O) groups is 1. The van der Waals surface area contributed by atoms with Crippen LogP contribution in [0.25, 0.3) is 44.8 Å². The Morgan fingerprint density at radius 2 is 2.00 bits per heavy atom. The average Bonchev–Trinajstić information content (AvgIpc) is 3.54. The van der Waals surface area contributed by atoms with Crippen molar-refractivity contribution in [3.8, 4) is 22.6 Å². The van der Waals surface area contributed by atoms with Crippen molar-refractivity contribution in [2.24, 2.45) is 0 Å². The molecule has 10 nitrogen and oxygen atoms in total. The summed E-state index contributed by atoms with van der Waals surface area (Å²) in [6.07, 6.45) is 10.1.